The number of nitriles is 1. The van der Waals surface area contributed by atoms with Crippen LogP contribution in [0.1, 0.15) is 26.0 Å². The predicted octanol–water partition coefficient (Wildman–Crippen LogP) is 0.628. The molecule has 1 aliphatic rings. The van der Waals surface area contributed by atoms with Crippen LogP contribution in [0.3, 0.4) is 0 Å². The van der Waals surface area contributed by atoms with Crippen molar-refractivity contribution in [3.05, 3.63) is 42.4 Å². The lowest BCUT2D eigenvalue weighted by molar-refractivity contribution is -0.151. The van der Waals surface area contributed by atoms with E-state index in [1.54, 1.807) is 38.1 Å². The van der Waals surface area contributed by atoms with Crippen LogP contribution in [-0.2, 0) is 39.4 Å². The van der Waals surface area contributed by atoms with Crippen molar-refractivity contribution in [3.8, 4) is 17.7 Å². The summed E-state index contributed by atoms with van der Waals surface area (Å²) in [4.78, 5) is 28.4. The van der Waals surface area contributed by atoms with Crippen LogP contribution in [0.2, 0.25) is 0 Å². The van der Waals surface area contributed by atoms with Gasteiger partial charge in [0.2, 0.25) is 11.6 Å². The zero-order valence-electron chi connectivity index (χ0n) is 21.8. The van der Waals surface area contributed by atoms with Crippen molar-refractivity contribution in [2.45, 2.75) is 57.3 Å². The highest BCUT2D eigenvalue weighted by Crippen LogP contribution is 2.46. The number of esters is 2. The van der Waals surface area contributed by atoms with Crippen molar-refractivity contribution in [1.82, 2.24) is 14.6 Å². The molecule has 3 rings (SSSR count). The average Bonchev–Trinajstić information content (AvgIpc) is 3.41. The van der Waals surface area contributed by atoms with Gasteiger partial charge in [0, 0.05) is 0 Å². The van der Waals surface area contributed by atoms with Gasteiger partial charge in [-0.25, -0.2) is 9.55 Å². The maximum Gasteiger partial charge on any atom is 0.459 e. The number of nitrogens with zero attached hydrogens (tertiary/aromatic N) is 3. The first-order chi connectivity index (χ1) is 19.1. The SMILES string of the molecule is CCOC(=O)C[C@H](NP(=O)(OC[C@H]1OC(Cn2cnc(C#N)c2O)[C@H](O)[C@@H]1O)Oc1ccccc1)C(=O)OCC. The molecule has 4 N–H and O–H groups in total. The van der Waals surface area contributed by atoms with Crippen LogP contribution in [0.5, 0.6) is 11.6 Å². The lowest BCUT2D eigenvalue weighted by Gasteiger charge is -2.25. The Bertz CT molecular complexity index is 1240. The van der Waals surface area contributed by atoms with Crippen molar-refractivity contribution >= 4 is 19.7 Å². The lowest BCUT2D eigenvalue weighted by Crippen LogP contribution is -2.40. The van der Waals surface area contributed by atoms with Crippen LogP contribution in [0.25, 0.3) is 0 Å². The molecule has 0 spiro atoms. The minimum Gasteiger partial charge on any atom is -0.492 e. The molecule has 1 aromatic carbocycles. The van der Waals surface area contributed by atoms with Crippen molar-refractivity contribution in [2.24, 2.45) is 0 Å². The van der Waals surface area contributed by atoms with E-state index in [0.717, 1.165) is 4.57 Å². The van der Waals surface area contributed by atoms with E-state index in [-0.39, 0.29) is 31.2 Å². The molecule has 0 amide bonds. The Labute approximate surface area is 229 Å². The molecule has 6 atom stereocenters. The van der Waals surface area contributed by atoms with Crippen molar-refractivity contribution in [3.63, 3.8) is 0 Å². The van der Waals surface area contributed by atoms with Gasteiger partial charge in [0.25, 0.3) is 0 Å². The summed E-state index contributed by atoms with van der Waals surface area (Å²) in [5.74, 6) is -2.00. The summed E-state index contributed by atoms with van der Waals surface area (Å²) in [6.45, 7) is 2.42. The third kappa shape index (κ3) is 8.01. The maximum absolute atomic E-state index is 13.8. The molecule has 2 unspecified atom stereocenters. The molecule has 2 heterocycles. The number of aromatic hydroxyl groups is 1. The minimum atomic E-state index is -4.47. The van der Waals surface area contributed by atoms with Crippen LogP contribution in [0.15, 0.2) is 36.7 Å². The Hall–Kier alpha value is -3.51. The Morgan fingerprint density at radius 2 is 1.85 bits per heavy atom. The van der Waals surface area contributed by atoms with Gasteiger partial charge in [-0.2, -0.15) is 10.3 Å². The van der Waals surface area contributed by atoms with Gasteiger partial charge in [-0.3, -0.25) is 18.7 Å². The fourth-order valence-electron chi connectivity index (χ4n) is 3.78. The lowest BCUT2D eigenvalue weighted by atomic mass is 10.1. The predicted molar refractivity (Wildman–Crippen MR) is 135 cm³/mol. The van der Waals surface area contributed by atoms with Crippen LogP contribution < -0.4 is 9.61 Å². The monoisotopic (exact) mass is 582 g/mol. The fourth-order valence-corrected chi connectivity index (χ4v) is 5.28. The third-order valence-electron chi connectivity index (χ3n) is 5.69. The number of imidazole rings is 1. The average molecular weight is 583 g/mol. The second-order valence-corrected chi connectivity index (χ2v) is 10.2. The molecular weight excluding hydrogens is 551 g/mol. The first-order valence-electron chi connectivity index (χ1n) is 12.4. The van der Waals surface area contributed by atoms with E-state index in [9.17, 15) is 29.5 Å². The molecule has 0 saturated carbocycles. The number of para-hydroxylation sites is 1. The Balaban J connectivity index is 1.77. The maximum atomic E-state index is 13.8. The molecule has 2 aromatic rings. The van der Waals surface area contributed by atoms with Gasteiger partial charge in [0.15, 0.2) is 0 Å². The number of aliphatic hydroxyl groups is 2. The molecular formula is C24H31N4O11P. The smallest absolute Gasteiger partial charge is 0.459 e. The summed E-state index contributed by atoms with van der Waals surface area (Å²) in [7, 11) is -4.47. The number of carbonyl (C=O) groups excluding carboxylic acids is 2. The van der Waals surface area contributed by atoms with Crippen LogP contribution in [-0.4, -0.2) is 87.1 Å². The number of benzene rings is 1. The van der Waals surface area contributed by atoms with E-state index in [4.69, 9.17) is 28.5 Å². The molecule has 0 radical (unpaired) electrons. The molecule has 16 heteroatoms. The normalized spacial score (nSPS) is 22.6. The third-order valence-corrected chi connectivity index (χ3v) is 7.26. The molecule has 15 nitrogen and oxygen atoms in total. The van der Waals surface area contributed by atoms with E-state index in [1.807, 2.05) is 0 Å². The highest BCUT2D eigenvalue weighted by Gasteiger charge is 2.45. The molecule has 218 valence electrons. The quantitative estimate of drug-likeness (QED) is 0.178. The Morgan fingerprint density at radius 3 is 2.48 bits per heavy atom. The van der Waals surface area contributed by atoms with E-state index >= 15 is 0 Å². The van der Waals surface area contributed by atoms with Gasteiger partial charge in [-0.15, -0.1) is 0 Å². The standard InChI is InChI=1S/C24H31N4O11P/c1-3-35-20(29)10-16(24(33)36-4-2)27-40(34,39-15-8-6-5-7-9-15)37-13-19-22(31)21(30)18(38-19)12-28-14-26-17(11-25)23(28)32/h5-9,14,16,18-19,21-22,30-32H,3-4,10,12-13H2,1-2H3,(H,27,34)/t16-,18?,19+,21-,22+,40?/m0/s1. The summed E-state index contributed by atoms with van der Waals surface area (Å²) < 4.78 is 41.7. The number of aromatic nitrogens is 2. The summed E-state index contributed by atoms with van der Waals surface area (Å²) in [5.41, 5.74) is -0.225. The number of rotatable bonds is 14. The molecule has 0 aliphatic carbocycles. The summed E-state index contributed by atoms with van der Waals surface area (Å²) in [6.07, 6.45) is -4.60. The zero-order chi connectivity index (χ0) is 29.3. The molecule has 1 fully saturated rings. The van der Waals surface area contributed by atoms with Crippen LogP contribution in [0.4, 0.5) is 0 Å². The summed E-state index contributed by atoms with van der Waals surface area (Å²) in [6, 6.07) is 8.10. The van der Waals surface area contributed by atoms with E-state index in [0.29, 0.717) is 0 Å². The van der Waals surface area contributed by atoms with Crippen LogP contribution >= 0.6 is 7.75 Å². The van der Waals surface area contributed by atoms with Gasteiger partial charge in [0.1, 0.15) is 42.3 Å². The Morgan fingerprint density at radius 1 is 1.18 bits per heavy atom. The van der Waals surface area contributed by atoms with E-state index < -0.39 is 69.1 Å². The van der Waals surface area contributed by atoms with Gasteiger partial charge < -0.3 is 34.1 Å². The van der Waals surface area contributed by atoms with E-state index in [2.05, 4.69) is 10.1 Å². The fraction of sp³-hybridized carbons (Fsp3) is 0.500. The molecule has 1 aromatic heterocycles. The topological polar surface area (TPSA) is 212 Å². The van der Waals surface area contributed by atoms with Gasteiger partial charge in [0.05, 0.1) is 39.1 Å². The highest BCUT2D eigenvalue weighted by atomic mass is 31.2. The second kappa shape index (κ2) is 14.2. The number of nitrogens with one attached hydrogen (secondary N) is 1. The van der Waals surface area contributed by atoms with Crippen molar-refractivity contribution in [1.29, 1.82) is 5.26 Å². The minimum absolute atomic E-state index is 0.0196. The largest absolute Gasteiger partial charge is 0.492 e. The number of aliphatic hydroxyl groups excluding tert-OH is 2. The van der Waals surface area contributed by atoms with Crippen molar-refractivity contribution in [2.75, 3.05) is 19.8 Å². The van der Waals surface area contributed by atoms with Crippen LogP contribution in [0, 0.1) is 11.3 Å². The molecule has 0 bridgehead atoms. The van der Waals surface area contributed by atoms with Crippen molar-refractivity contribution < 1.29 is 52.7 Å². The summed E-state index contributed by atoms with van der Waals surface area (Å²) in [5, 5.41) is 42.5. The number of ether oxygens (including phenoxy) is 3. The van der Waals surface area contributed by atoms with Gasteiger partial charge in [-0.1, -0.05) is 18.2 Å². The molecule has 1 saturated heterocycles. The highest BCUT2D eigenvalue weighted by molar-refractivity contribution is 7.52. The number of carbonyl (C=O) groups is 2. The molecule has 1 aliphatic heterocycles. The number of hydrogen-bond acceptors (Lipinski definition) is 13. The molecule has 40 heavy (non-hydrogen) atoms. The van der Waals surface area contributed by atoms with E-state index in [1.165, 1.54) is 18.5 Å². The first-order valence-corrected chi connectivity index (χ1v) is 13.9. The van der Waals surface area contributed by atoms with Gasteiger partial charge in [-0.05, 0) is 26.0 Å². The zero-order valence-corrected chi connectivity index (χ0v) is 22.7. The van der Waals surface area contributed by atoms with Gasteiger partial charge >= 0.3 is 19.7 Å². The Kier molecular flexibility index (Phi) is 11.0. The first kappa shape index (κ1) is 31.0. The number of hydrogen-bond donors (Lipinski definition) is 4. The summed E-state index contributed by atoms with van der Waals surface area (Å²) >= 11 is 0. The second-order valence-electron chi connectivity index (χ2n) is 8.52.